The molecule has 1 saturated heterocycles. The number of likely N-dealkylation sites (tertiary alicyclic amines) is 1. The number of nitrogens with one attached hydrogen (secondary N) is 1. The predicted molar refractivity (Wildman–Crippen MR) is 129 cm³/mol. The van der Waals surface area contributed by atoms with Gasteiger partial charge in [0.05, 0.1) is 17.9 Å². The number of carbonyl (C=O) groups is 1. The number of hydrogen-bond acceptors (Lipinski definition) is 5. The van der Waals surface area contributed by atoms with Gasteiger partial charge in [0.1, 0.15) is 11.6 Å². The number of hydrogen-bond donors (Lipinski definition) is 1. The summed E-state index contributed by atoms with van der Waals surface area (Å²) in [5.74, 6) is 1.89. The van der Waals surface area contributed by atoms with Gasteiger partial charge in [-0.15, -0.1) is 0 Å². The average Bonchev–Trinajstić information content (AvgIpc) is 2.85. The Morgan fingerprint density at radius 3 is 2.64 bits per heavy atom. The molecule has 0 unspecified atom stereocenters. The molecule has 6 heteroatoms. The van der Waals surface area contributed by atoms with E-state index in [2.05, 4.69) is 27.3 Å². The number of ether oxygens (including phenoxy) is 1. The molecule has 0 saturated carbocycles. The Kier molecular flexibility index (Phi) is 7.68. The van der Waals surface area contributed by atoms with Crippen molar-refractivity contribution in [3.8, 4) is 5.75 Å². The number of piperidine rings is 1. The first-order chi connectivity index (χ1) is 16.1. The van der Waals surface area contributed by atoms with Crippen LogP contribution in [0.5, 0.6) is 5.75 Å². The maximum atomic E-state index is 12.6. The highest BCUT2D eigenvalue weighted by Gasteiger charge is 2.24. The van der Waals surface area contributed by atoms with E-state index in [1.807, 2.05) is 56.3 Å². The molecule has 1 amide bonds. The Bertz CT molecular complexity index is 1050. The van der Waals surface area contributed by atoms with Crippen LogP contribution in [-0.4, -0.2) is 40.5 Å². The predicted octanol–water partition coefficient (Wildman–Crippen LogP) is 4.49. The van der Waals surface area contributed by atoms with Crippen molar-refractivity contribution in [1.82, 2.24) is 20.2 Å². The van der Waals surface area contributed by atoms with Gasteiger partial charge < -0.3 is 10.1 Å². The van der Waals surface area contributed by atoms with Crippen molar-refractivity contribution < 1.29 is 9.53 Å². The van der Waals surface area contributed by atoms with E-state index in [9.17, 15) is 4.79 Å². The number of amides is 1. The van der Waals surface area contributed by atoms with E-state index >= 15 is 0 Å². The molecule has 1 aliphatic heterocycles. The van der Waals surface area contributed by atoms with Gasteiger partial charge in [0.15, 0.2) is 0 Å². The maximum absolute atomic E-state index is 12.6. The largest absolute Gasteiger partial charge is 0.494 e. The van der Waals surface area contributed by atoms with E-state index in [-0.39, 0.29) is 11.8 Å². The molecule has 172 valence electrons. The lowest BCUT2D eigenvalue weighted by Gasteiger charge is -2.32. The summed E-state index contributed by atoms with van der Waals surface area (Å²) in [6.45, 7) is 7.96. The van der Waals surface area contributed by atoms with E-state index in [0.717, 1.165) is 55.3 Å². The lowest BCUT2D eigenvalue weighted by atomic mass is 9.96. The van der Waals surface area contributed by atoms with E-state index in [0.29, 0.717) is 18.7 Å². The van der Waals surface area contributed by atoms with E-state index < -0.39 is 0 Å². The molecular formula is C27H32N4O2. The highest BCUT2D eigenvalue weighted by molar-refractivity contribution is 5.94. The summed E-state index contributed by atoms with van der Waals surface area (Å²) in [5, 5.41) is 2.97. The van der Waals surface area contributed by atoms with Gasteiger partial charge in [-0.1, -0.05) is 42.5 Å². The first kappa shape index (κ1) is 22.9. The van der Waals surface area contributed by atoms with Crippen LogP contribution in [0.4, 0.5) is 0 Å². The fraction of sp³-hybridized carbons (Fsp3) is 0.370. The van der Waals surface area contributed by atoms with Crippen LogP contribution < -0.4 is 10.1 Å². The Morgan fingerprint density at radius 1 is 1.12 bits per heavy atom. The number of carbonyl (C=O) groups excluding carboxylic acids is 1. The van der Waals surface area contributed by atoms with Gasteiger partial charge >= 0.3 is 0 Å². The van der Waals surface area contributed by atoms with Crippen LogP contribution in [0.2, 0.25) is 0 Å². The molecule has 2 heterocycles. The molecule has 0 bridgehead atoms. The van der Waals surface area contributed by atoms with E-state index in [4.69, 9.17) is 9.72 Å². The lowest BCUT2D eigenvalue weighted by molar-refractivity contribution is 0.0949. The van der Waals surface area contributed by atoms with Crippen molar-refractivity contribution >= 4 is 5.91 Å². The quantitative estimate of drug-likeness (QED) is 0.554. The molecule has 1 N–H and O–H groups in total. The molecular weight excluding hydrogens is 412 g/mol. The van der Waals surface area contributed by atoms with E-state index in [1.165, 1.54) is 5.56 Å². The highest BCUT2D eigenvalue weighted by Crippen LogP contribution is 2.26. The summed E-state index contributed by atoms with van der Waals surface area (Å²) >= 11 is 0. The zero-order valence-corrected chi connectivity index (χ0v) is 19.5. The summed E-state index contributed by atoms with van der Waals surface area (Å²) in [6, 6.07) is 18.2. The fourth-order valence-electron chi connectivity index (χ4n) is 4.30. The summed E-state index contributed by atoms with van der Waals surface area (Å²) in [4.78, 5) is 24.4. The second-order valence-electron chi connectivity index (χ2n) is 8.55. The van der Waals surface area contributed by atoms with Gasteiger partial charge in [-0.3, -0.25) is 9.69 Å². The van der Waals surface area contributed by atoms with Crippen LogP contribution in [0.25, 0.3) is 0 Å². The third-order valence-electron chi connectivity index (χ3n) is 6.05. The Hall–Kier alpha value is -3.25. The molecule has 4 rings (SSSR count). The second-order valence-corrected chi connectivity index (χ2v) is 8.55. The van der Waals surface area contributed by atoms with Crippen LogP contribution in [0.1, 0.15) is 58.7 Å². The van der Waals surface area contributed by atoms with Crippen molar-refractivity contribution in [1.29, 1.82) is 0 Å². The molecule has 33 heavy (non-hydrogen) atoms. The summed E-state index contributed by atoms with van der Waals surface area (Å²) in [7, 11) is 0. The first-order valence-electron chi connectivity index (χ1n) is 11.7. The normalized spacial score (nSPS) is 16.4. The van der Waals surface area contributed by atoms with Crippen LogP contribution in [-0.2, 0) is 13.1 Å². The van der Waals surface area contributed by atoms with Gasteiger partial charge in [0.25, 0.3) is 5.91 Å². The van der Waals surface area contributed by atoms with Gasteiger partial charge in [-0.2, -0.15) is 0 Å². The third kappa shape index (κ3) is 6.17. The zero-order valence-electron chi connectivity index (χ0n) is 19.5. The molecule has 1 fully saturated rings. The molecule has 1 atom stereocenters. The Balaban J connectivity index is 1.36. The maximum Gasteiger partial charge on any atom is 0.254 e. The van der Waals surface area contributed by atoms with Gasteiger partial charge in [0, 0.05) is 31.7 Å². The number of rotatable bonds is 8. The molecule has 1 aliphatic rings. The van der Waals surface area contributed by atoms with Gasteiger partial charge in [0.2, 0.25) is 0 Å². The van der Waals surface area contributed by atoms with Crippen LogP contribution >= 0.6 is 0 Å². The summed E-state index contributed by atoms with van der Waals surface area (Å²) in [5.41, 5.74) is 3.61. The number of aryl methyl sites for hydroxylation is 1. The van der Waals surface area contributed by atoms with Crippen molar-refractivity contribution in [3.05, 3.63) is 89.0 Å². The third-order valence-corrected chi connectivity index (χ3v) is 6.05. The van der Waals surface area contributed by atoms with E-state index in [1.54, 1.807) is 6.20 Å². The molecule has 0 aliphatic carbocycles. The van der Waals surface area contributed by atoms with Crippen LogP contribution in [0.15, 0.2) is 60.8 Å². The topological polar surface area (TPSA) is 67.3 Å². The van der Waals surface area contributed by atoms with Crippen molar-refractivity contribution in [2.24, 2.45) is 0 Å². The minimum absolute atomic E-state index is 0.135. The molecule has 0 radical (unpaired) electrons. The standard InChI is InChI=1S/C27H32N4O2/c1-3-33-24-13-11-22(12-14-24)18-31-15-7-10-23(19-31)26-28-17-25(20(2)30-26)27(32)29-16-21-8-5-4-6-9-21/h4-6,8-9,11-14,17,23H,3,7,10,15-16,18-19H2,1-2H3,(H,29,32)/t23-/m1/s1. The van der Waals surface area contributed by atoms with Crippen molar-refractivity contribution in [3.63, 3.8) is 0 Å². The van der Waals surface area contributed by atoms with Crippen LogP contribution in [0.3, 0.4) is 0 Å². The molecule has 1 aromatic heterocycles. The fourth-order valence-corrected chi connectivity index (χ4v) is 4.30. The molecule has 3 aromatic rings. The monoisotopic (exact) mass is 444 g/mol. The summed E-state index contributed by atoms with van der Waals surface area (Å²) < 4.78 is 5.54. The summed E-state index contributed by atoms with van der Waals surface area (Å²) in [6.07, 6.45) is 3.87. The SMILES string of the molecule is CCOc1ccc(CN2CCC[C@@H](c3ncc(C(=O)NCc4ccccc4)c(C)n3)C2)cc1. The molecule has 0 spiro atoms. The zero-order chi connectivity index (χ0) is 23.0. The average molecular weight is 445 g/mol. The van der Waals surface area contributed by atoms with Crippen molar-refractivity contribution in [2.45, 2.75) is 45.7 Å². The number of aromatic nitrogens is 2. The smallest absolute Gasteiger partial charge is 0.254 e. The molecule has 2 aromatic carbocycles. The number of nitrogens with zero attached hydrogens (tertiary/aromatic N) is 3. The lowest BCUT2D eigenvalue weighted by Crippen LogP contribution is -2.34. The number of benzene rings is 2. The van der Waals surface area contributed by atoms with Gasteiger partial charge in [-0.05, 0) is 56.5 Å². The highest BCUT2D eigenvalue weighted by atomic mass is 16.5. The van der Waals surface area contributed by atoms with Crippen molar-refractivity contribution in [2.75, 3.05) is 19.7 Å². The Morgan fingerprint density at radius 2 is 1.91 bits per heavy atom. The van der Waals surface area contributed by atoms with Crippen LogP contribution in [0, 0.1) is 6.92 Å². The first-order valence-corrected chi connectivity index (χ1v) is 11.7. The molecule has 6 nitrogen and oxygen atoms in total. The Labute approximate surface area is 196 Å². The minimum Gasteiger partial charge on any atom is -0.494 e. The minimum atomic E-state index is -0.135. The second kappa shape index (κ2) is 11.1. The van der Waals surface area contributed by atoms with Gasteiger partial charge in [-0.25, -0.2) is 9.97 Å².